The lowest BCUT2D eigenvalue weighted by atomic mass is 9.96. The molecule has 0 spiro atoms. The number of hydrogen-bond donors (Lipinski definition) is 0. The van der Waals surface area contributed by atoms with Gasteiger partial charge < -0.3 is 0 Å². The largest absolute Gasteiger partial charge is 0.282 e. The Balaban J connectivity index is 2.05. The zero-order valence-corrected chi connectivity index (χ0v) is 12.9. The second kappa shape index (κ2) is 5.67. The highest BCUT2D eigenvalue weighted by Crippen LogP contribution is 2.25. The van der Waals surface area contributed by atoms with Crippen LogP contribution in [-0.2, 0) is 20.0 Å². The number of nitrogens with zero attached hydrogens (tertiary/aromatic N) is 2. The summed E-state index contributed by atoms with van der Waals surface area (Å²) in [7, 11) is -4.94. The highest BCUT2D eigenvalue weighted by molar-refractivity contribution is 7.91. The third-order valence-electron chi connectivity index (χ3n) is 4.08. The van der Waals surface area contributed by atoms with Gasteiger partial charge in [-0.2, -0.15) is 17.0 Å². The maximum atomic E-state index is 12.5. The standard InChI is InChI=1S/C11H22N2O4S2/c1-12(11-5-3-2-4-6-11)19(16,17)13-7-9-18(14,15)10-8-13/h11H,2-10H2,1H3. The molecule has 8 heteroatoms. The van der Waals surface area contributed by atoms with E-state index in [1.54, 1.807) is 7.05 Å². The van der Waals surface area contributed by atoms with Crippen molar-refractivity contribution in [2.75, 3.05) is 31.6 Å². The van der Waals surface area contributed by atoms with Crippen LogP contribution in [-0.4, -0.2) is 63.1 Å². The fourth-order valence-electron chi connectivity index (χ4n) is 2.74. The average Bonchev–Trinajstić information content (AvgIpc) is 2.38. The van der Waals surface area contributed by atoms with Gasteiger partial charge in [-0.25, -0.2) is 8.42 Å². The molecule has 0 aromatic heterocycles. The maximum absolute atomic E-state index is 12.5. The van der Waals surface area contributed by atoms with Gasteiger partial charge in [-0.3, -0.25) is 0 Å². The van der Waals surface area contributed by atoms with Crippen molar-refractivity contribution >= 4 is 20.0 Å². The van der Waals surface area contributed by atoms with E-state index in [9.17, 15) is 16.8 Å². The van der Waals surface area contributed by atoms with Crippen LogP contribution >= 0.6 is 0 Å². The van der Waals surface area contributed by atoms with E-state index in [-0.39, 0.29) is 30.6 Å². The summed E-state index contributed by atoms with van der Waals surface area (Å²) < 4.78 is 50.4. The summed E-state index contributed by atoms with van der Waals surface area (Å²) in [5.74, 6) is -0.129. The molecule has 0 aromatic rings. The Morgan fingerprint density at radius 1 is 1.05 bits per heavy atom. The Bertz CT molecular complexity index is 495. The first-order chi connectivity index (χ1) is 8.83. The molecular formula is C11H22N2O4S2. The maximum Gasteiger partial charge on any atom is 0.282 e. The average molecular weight is 310 g/mol. The Hall–Kier alpha value is -0.180. The van der Waals surface area contributed by atoms with Gasteiger partial charge in [0.05, 0.1) is 11.5 Å². The van der Waals surface area contributed by atoms with Crippen molar-refractivity contribution in [1.29, 1.82) is 0 Å². The summed E-state index contributed by atoms with van der Waals surface area (Å²) in [6, 6.07) is 0.0669. The van der Waals surface area contributed by atoms with Crippen molar-refractivity contribution in [2.24, 2.45) is 0 Å². The van der Waals surface area contributed by atoms with Gasteiger partial charge in [-0.05, 0) is 12.8 Å². The van der Waals surface area contributed by atoms with E-state index in [0.29, 0.717) is 0 Å². The van der Waals surface area contributed by atoms with E-state index in [2.05, 4.69) is 0 Å². The zero-order chi connectivity index (χ0) is 14.1. The van der Waals surface area contributed by atoms with Crippen molar-refractivity contribution in [1.82, 2.24) is 8.61 Å². The van der Waals surface area contributed by atoms with E-state index in [0.717, 1.165) is 25.7 Å². The second-order valence-electron chi connectivity index (χ2n) is 5.37. The first-order valence-electron chi connectivity index (χ1n) is 6.76. The van der Waals surface area contributed by atoms with Crippen LogP contribution < -0.4 is 0 Å². The molecule has 0 unspecified atom stereocenters. The molecule has 2 fully saturated rings. The minimum absolute atomic E-state index is 0.0647. The Morgan fingerprint density at radius 3 is 2.11 bits per heavy atom. The number of rotatable bonds is 3. The van der Waals surface area contributed by atoms with Crippen molar-refractivity contribution < 1.29 is 16.8 Å². The molecule has 0 atom stereocenters. The smallest absolute Gasteiger partial charge is 0.229 e. The minimum Gasteiger partial charge on any atom is -0.229 e. The van der Waals surface area contributed by atoms with Crippen molar-refractivity contribution in [3.05, 3.63) is 0 Å². The first-order valence-corrected chi connectivity index (χ1v) is 9.98. The molecule has 1 saturated heterocycles. The molecule has 0 aromatic carbocycles. The van der Waals surface area contributed by atoms with Crippen molar-refractivity contribution in [2.45, 2.75) is 38.1 Å². The lowest BCUT2D eigenvalue weighted by Crippen LogP contribution is -2.51. The lowest BCUT2D eigenvalue weighted by molar-refractivity contribution is 0.265. The second-order valence-corrected chi connectivity index (χ2v) is 9.66. The van der Waals surface area contributed by atoms with E-state index in [1.165, 1.54) is 15.0 Å². The summed E-state index contributed by atoms with van der Waals surface area (Å²) in [5, 5.41) is 0. The fraction of sp³-hybridized carbons (Fsp3) is 1.00. The quantitative estimate of drug-likeness (QED) is 0.748. The molecule has 1 aliphatic carbocycles. The van der Waals surface area contributed by atoms with Crippen LogP contribution in [0.5, 0.6) is 0 Å². The van der Waals surface area contributed by atoms with Crippen LogP contribution in [0.3, 0.4) is 0 Å². The molecule has 2 rings (SSSR count). The topological polar surface area (TPSA) is 74.8 Å². The molecule has 0 radical (unpaired) electrons. The van der Waals surface area contributed by atoms with Crippen LogP contribution in [0.4, 0.5) is 0 Å². The minimum atomic E-state index is -3.51. The third kappa shape index (κ3) is 3.48. The summed E-state index contributed by atoms with van der Waals surface area (Å²) in [6.45, 7) is 0.170. The van der Waals surface area contributed by atoms with Gasteiger partial charge in [0.15, 0.2) is 9.84 Å². The number of sulfone groups is 1. The molecule has 112 valence electrons. The summed E-state index contributed by atoms with van der Waals surface area (Å²) in [5.41, 5.74) is 0. The SMILES string of the molecule is CN(C1CCCCC1)S(=O)(=O)N1CCS(=O)(=O)CC1. The monoisotopic (exact) mass is 310 g/mol. The predicted molar refractivity (Wildman–Crippen MR) is 73.8 cm³/mol. The Labute approximate surface area is 115 Å². The van der Waals surface area contributed by atoms with Gasteiger partial charge >= 0.3 is 0 Å². The van der Waals surface area contributed by atoms with E-state index in [4.69, 9.17) is 0 Å². The van der Waals surface area contributed by atoms with Crippen molar-refractivity contribution in [3.8, 4) is 0 Å². The van der Waals surface area contributed by atoms with Gasteiger partial charge in [-0.15, -0.1) is 0 Å². The van der Waals surface area contributed by atoms with Gasteiger partial charge in [0.1, 0.15) is 0 Å². The fourth-order valence-corrected chi connectivity index (χ4v) is 5.77. The van der Waals surface area contributed by atoms with E-state index < -0.39 is 20.0 Å². The molecule has 19 heavy (non-hydrogen) atoms. The Kier molecular flexibility index (Phi) is 4.54. The molecule has 6 nitrogen and oxygen atoms in total. The molecule has 0 bridgehead atoms. The normalized spacial score (nSPS) is 26.6. The van der Waals surface area contributed by atoms with Crippen LogP contribution in [0.25, 0.3) is 0 Å². The molecular weight excluding hydrogens is 288 g/mol. The van der Waals surface area contributed by atoms with Crippen LogP contribution in [0.1, 0.15) is 32.1 Å². The van der Waals surface area contributed by atoms with Gasteiger partial charge in [0.25, 0.3) is 10.2 Å². The molecule has 1 saturated carbocycles. The zero-order valence-electron chi connectivity index (χ0n) is 11.3. The van der Waals surface area contributed by atoms with Crippen molar-refractivity contribution in [3.63, 3.8) is 0 Å². The van der Waals surface area contributed by atoms with E-state index >= 15 is 0 Å². The molecule has 2 aliphatic rings. The molecule has 0 amide bonds. The summed E-state index contributed by atoms with van der Waals surface area (Å²) in [4.78, 5) is 0. The highest BCUT2D eigenvalue weighted by atomic mass is 32.2. The highest BCUT2D eigenvalue weighted by Gasteiger charge is 2.35. The number of hydrogen-bond acceptors (Lipinski definition) is 4. The third-order valence-corrected chi connectivity index (χ3v) is 7.74. The molecule has 0 N–H and O–H groups in total. The Morgan fingerprint density at radius 2 is 1.58 bits per heavy atom. The molecule has 1 heterocycles. The van der Waals surface area contributed by atoms with Crippen LogP contribution in [0.15, 0.2) is 0 Å². The summed E-state index contributed by atoms with van der Waals surface area (Å²) in [6.07, 6.45) is 5.12. The first kappa shape index (κ1) is 15.2. The lowest BCUT2D eigenvalue weighted by Gasteiger charge is -2.35. The summed E-state index contributed by atoms with van der Waals surface area (Å²) >= 11 is 0. The molecule has 1 aliphatic heterocycles. The van der Waals surface area contributed by atoms with Gasteiger partial charge in [0.2, 0.25) is 0 Å². The van der Waals surface area contributed by atoms with Gasteiger partial charge in [0, 0.05) is 26.2 Å². The van der Waals surface area contributed by atoms with Crippen LogP contribution in [0.2, 0.25) is 0 Å². The van der Waals surface area contributed by atoms with Crippen LogP contribution in [0, 0.1) is 0 Å². The predicted octanol–water partition coefficient (Wildman–Crippen LogP) is 0.226. The van der Waals surface area contributed by atoms with E-state index in [1.807, 2.05) is 0 Å². The van der Waals surface area contributed by atoms with Gasteiger partial charge in [-0.1, -0.05) is 19.3 Å².